The van der Waals surface area contributed by atoms with Crippen molar-refractivity contribution in [3.8, 4) is 0 Å². The first-order valence-electron chi connectivity index (χ1n) is 7.83. The first-order chi connectivity index (χ1) is 11.9. The highest BCUT2D eigenvalue weighted by atomic mass is 127. The zero-order valence-corrected chi connectivity index (χ0v) is 20.0. The maximum absolute atomic E-state index is 12.0. The monoisotopic (exact) mass is 554 g/mol. The molecule has 0 saturated heterocycles. The zero-order valence-electron chi connectivity index (χ0n) is 15.2. The fraction of sp³-hybridized carbons (Fsp3) is 0.438. The number of amides is 1. The zero-order chi connectivity index (χ0) is 18.4. The highest BCUT2D eigenvalue weighted by Crippen LogP contribution is 2.15. The standard InChI is InChI=1S/C16H23BrN6OS.HI/c1-11-14(25-10-21-11)15(24)19-5-6-20-16(18-2)23(4)9-13-7-12(17)8-22(13)3;/h7-8,10H,5-6,9H2,1-4H3,(H,18,20)(H,19,24);1H. The van der Waals surface area contributed by atoms with Crippen LogP contribution in [0.2, 0.25) is 0 Å². The quantitative estimate of drug-likeness (QED) is 0.249. The van der Waals surface area contributed by atoms with Gasteiger partial charge in [0.05, 0.1) is 17.7 Å². The molecule has 7 nitrogen and oxygen atoms in total. The van der Waals surface area contributed by atoms with E-state index in [4.69, 9.17) is 0 Å². The van der Waals surface area contributed by atoms with Crippen molar-refractivity contribution in [1.82, 2.24) is 25.1 Å². The summed E-state index contributed by atoms with van der Waals surface area (Å²) in [4.78, 5) is 23.1. The molecule has 0 aliphatic carbocycles. The first kappa shape index (κ1) is 22.9. The first-order valence-corrected chi connectivity index (χ1v) is 9.50. The second-order valence-corrected chi connectivity index (χ2v) is 7.38. The number of nitrogens with zero attached hydrogens (tertiary/aromatic N) is 4. The van der Waals surface area contributed by atoms with Gasteiger partial charge in [0.15, 0.2) is 5.96 Å². The van der Waals surface area contributed by atoms with Crippen molar-refractivity contribution in [2.75, 3.05) is 27.2 Å². The normalized spacial score (nSPS) is 11.0. The summed E-state index contributed by atoms with van der Waals surface area (Å²) in [5.74, 6) is 0.694. The summed E-state index contributed by atoms with van der Waals surface area (Å²) >= 11 is 4.84. The molecule has 2 aromatic heterocycles. The van der Waals surface area contributed by atoms with Crippen LogP contribution in [0.3, 0.4) is 0 Å². The molecule has 0 atom stereocenters. The Bertz CT molecular complexity index is 760. The number of halogens is 2. The Kier molecular flexibility index (Phi) is 9.58. The van der Waals surface area contributed by atoms with Crippen LogP contribution in [0.15, 0.2) is 27.2 Å². The lowest BCUT2D eigenvalue weighted by Gasteiger charge is -2.22. The summed E-state index contributed by atoms with van der Waals surface area (Å²) in [5.41, 5.74) is 3.62. The number of aliphatic imine (C=N–C) groups is 1. The lowest BCUT2D eigenvalue weighted by Crippen LogP contribution is -2.42. The van der Waals surface area contributed by atoms with Crippen LogP contribution >= 0.6 is 51.2 Å². The van der Waals surface area contributed by atoms with Crippen LogP contribution in [0.5, 0.6) is 0 Å². The Labute approximate surface area is 183 Å². The Morgan fingerprint density at radius 1 is 1.42 bits per heavy atom. The molecular formula is C16H24BrIN6OS. The Morgan fingerprint density at radius 2 is 2.12 bits per heavy atom. The lowest BCUT2D eigenvalue weighted by molar-refractivity contribution is 0.0957. The summed E-state index contributed by atoms with van der Waals surface area (Å²) in [7, 11) is 5.75. The van der Waals surface area contributed by atoms with Crippen LogP contribution < -0.4 is 10.6 Å². The van der Waals surface area contributed by atoms with Gasteiger partial charge in [-0.3, -0.25) is 9.79 Å². The smallest absolute Gasteiger partial charge is 0.263 e. The number of nitrogens with one attached hydrogen (secondary N) is 2. The van der Waals surface area contributed by atoms with Crippen molar-refractivity contribution in [2.24, 2.45) is 12.0 Å². The molecular weight excluding hydrogens is 531 g/mol. The van der Waals surface area contributed by atoms with Crippen molar-refractivity contribution in [3.63, 3.8) is 0 Å². The van der Waals surface area contributed by atoms with Crippen LogP contribution in [0, 0.1) is 6.92 Å². The van der Waals surface area contributed by atoms with E-state index in [-0.39, 0.29) is 29.9 Å². The Hall–Kier alpha value is -1.14. The number of guanidine groups is 1. The van der Waals surface area contributed by atoms with Crippen LogP contribution in [0.25, 0.3) is 0 Å². The van der Waals surface area contributed by atoms with Gasteiger partial charge in [-0.25, -0.2) is 4.98 Å². The summed E-state index contributed by atoms with van der Waals surface area (Å²) in [5, 5.41) is 6.15. The number of hydrogen-bond donors (Lipinski definition) is 2. The van der Waals surface area contributed by atoms with Gasteiger partial charge in [-0.2, -0.15) is 0 Å². The second-order valence-electron chi connectivity index (χ2n) is 5.61. The number of carbonyl (C=O) groups is 1. The van der Waals surface area contributed by atoms with Crippen LogP contribution in [-0.4, -0.2) is 53.5 Å². The van der Waals surface area contributed by atoms with Gasteiger partial charge in [0.1, 0.15) is 4.88 Å². The number of hydrogen-bond acceptors (Lipinski definition) is 4. The van der Waals surface area contributed by atoms with E-state index in [0.29, 0.717) is 18.0 Å². The number of rotatable bonds is 6. The molecule has 10 heteroatoms. The highest BCUT2D eigenvalue weighted by Gasteiger charge is 2.12. The molecule has 0 fully saturated rings. The van der Waals surface area contributed by atoms with E-state index in [1.54, 1.807) is 12.6 Å². The van der Waals surface area contributed by atoms with Gasteiger partial charge >= 0.3 is 0 Å². The number of aryl methyl sites for hydroxylation is 2. The number of aromatic nitrogens is 2. The van der Waals surface area contributed by atoms with E-state index in [1.165, 1.54) is 17.0 Å². The predicted octanol–water partition coefficient (Wildman–Crippen LogP) is 2.61. The summed E-state index contributed by atoms with van der Waals surface area (Å²) < 4.78 is 3.13. The minimum Gasteiger partial charge on any atom is -0.354 e. The molecule has 0 spiro atoms. The SMILES string of the molecule is CN=C(NCCNC(=O)c1scnc1C)N(C)Cc1cc(Br)cn1C.I. The molecule has 2 N–H and O–H groups in total. The molecule has 2 aromatic rings. The van der Waals surface area contributed by atoms with Crippen molar-refractivity contribution in [1.29, 1.82) is 0 Å². The lowest BCUT2D eigenvalue weighted by atomic mass is 10.4. The topological polar surface area (TPSA) is 74.5 Å². The fourth-order valence-electron chi connectivity index (χ4n) is 2.38. The van der Waals surface area contributed by atoms with Gasteiger partial charge in [0, 0.05) is 50.6 Å². The molecule has 0 radical (unpaired) electrons. The van der Waals surface area contributed by atoms with Crippen molar-refractivity contribution < 1.29 is 4.79 Å². The van der Waals surface area contributed by atoms with Crippen molar-refractivity contribution in [3.05, 3.63) is 38.5 Å². The third-order valence-electron chi connectivity index (χ3n) is 3.69. The summed E-state index contributed by atoms with van der Waals surface area (Å²) in [6.45, 7) is 3.67. The van der Waals surface area contributed by atoms with Crippen LogP contribution in [-0.2, 0) is 13.6 Å². The molecule has 1 amide bonds. The second kappa shape index (κ2) is 10.9. The molecule has 0 unspecified atom stereocenters. The molecule has 144 valence electrons. The van der Waals surface area contributed by atoms with Crippen LogP contribution in [0.1, 0.15) is 21.1 Å². The Balaban J connectivity index is 0.00000338. The average molecular weight is 555 g/mol. The molecule has 0 aliphatic rings. The summed E-state index contributed by atoms with van der Waals surface area (Å²) in [6, 6.07) is 2.08. The van der Waals surface area contributed by atoms with Crippen LogP contribution in [0.4, 0.5) is 0 Å². The molecule has 2 rings (SSSR count). The molecule has 0 saturated carbocycles. The largest absolute Gasteiger partial charge is 0.354 e. The van der Waals surface area contributed by atoms with E-state index in [2.05, 4.69) is 47.2 Å². The fourth-order valence-corrected chi connectivity index (χ4v) is 3.67. The molecule has 26 heavy (non-hydrogen) atoms. The van der Waals surface area contributed by atoms with Gasteiger partial charge < -0.3 is 20.1 Å². The molecule has 0 aliphatic heterocycles. The number of thiazole rings is 1. The van der Waals surface area contributed by atoms with Gasteiger partial charge in [-0.1, -0.05) is 0 Å². The van der Waals surface area contributed by atoms with E-state index in [1.807, 2.05) is 32.1 Å². The van der Waals surface area contributed by atoms with Crippen molar-refractivity contribution in [2.45, 2.75) is 13.5 Å². The van der Waals surface area contributed by atoms with Crippen molar-refractivity contribution >= 4 is 63.1 Å². The number of carbonyl (C=O) groups excluding carboxylic acids is 1. The average Bonchev–Trinajstić information content (AvgIpc) is 3.12. The minimum atomic E-state index is -0.0844. The van der Waals surface area contributed by atoms with E-state index in [0.717, 1.165) is 22.7 Å². The minimum absolute atomic E-state index is 0. The third kappa shape index (κ3) is 6.23. The van der Waals surface area contributed by atoms with Gasteiger partial charge in [0.25, 0.3) is 5.91 Å². The molecule has 0 bridgehead atoms. The maximum Gasteiger partial charge on any atom is 0.263 e. The van der Waals surface area contributed by atoms with Gasteiger partial charge in [-0.05, 0) is 28.9 Å². The maximum atomic E-state index is 12.0. The third-order valence-corrected chi connectivity index (χ3v) is 5.05. The molecule has 0 aromatic carbocycles. The van der Waals surface area contributed by atoms with E-state index in [9.17, 15) is 4.79 Å². The Morgan fingerprint density at radius 3 is 2.65 bits per heavy atom. The predicted molar refractivity (Wildman–Crippen MR) is 121 cm³/mol. The van der Waals surface area contributed by atoms with Gasteiger partial charge in [-0.15, -0.1) is 35.3 Å². The van der Waals surface area contributed by atoms with E-state index >= 15 is 0 Å². The van der Waals surface area contributed by atoms with Gasteiger partial charge in [0.2, 0.25) is 0 Å². The van der Waals surface area contributed by atoms with E-state index < -0.39 is 0 Å². The highest BCUT2D eigenvalue weighted by molar-refractivity contribution is 14.0. The molecule has 2 heterocycles. The summed E-state index contributed by atoms with van der Waals surface area (Å²) in [6.07, 6.45) is 2.02.